The number of nitrogens with zero attached hydrogens (tertiary/aromatic N) is 1. The number of aryl methyl sites for hydroxylation is 1. The first-order valence-corrected chi connectivity index (χ1v) is 6.05. The Morgan fingerprint density at radius 1 is 1.43 bits per heavy atom. The fourth-order valence-electron chi connectivity index (χ4n) is 1.33. The summed E-state index contributed by atoms with van der Waals surface area (Å²) in [5, 5.41) is 12.8. The minimum absolute atomic E-state index is 0.219. The molecule has 0 bridgehead atoms. The summed E-state index contributed by atoms with van der Waals surface area (Å²) < 4.78 is 0. The topological polar surface area (TPSA) is 33.1 Å². The monoisotopic (exact) mass is 213 g/mol. The maximum absolute atomic E-state index is 9.73. The van der Waals surface area contributed by atoms with E-state index in [1.807, 2.05) is 12.3 Å². The van der Waals surface area contributed by atoms with Crippen LogP contribution in [-0.4, -0.2) is 16.2 Å². The summed E-state index contributed by atoms with van der Waals surface area (Å²) in [5.41, 5.74) is 1.06. The molecule has 80 valence electrons. The summed E-state index contributed by atoms with van der Waals surface area (Å²) in [6, 6.07) is 0. The molecule has 3 heteroatoms. The lowest BCUT2D eigenvalue weighted by Gasteiger charge is -2.10. The molecule has 1 unspecified atom stereocenters. The molecule has 2 nitrogen and oxygen atoms in total. The Morgan fingerprint density at radius 2 is 2.14 bits per heavy atom. The molecule has 0 spiro atoms. The summed E-state index contributed by atoms with van der Waals surface area (Å²) in [5.74, 6) is 0.669. The van der Waals surface area contributed by atoms with Gasteiger partial charge in [0.25, 0.3) is 0 Å². The highest BCUT2D eigenvalue weighted by Gasteiger charge is 2.08. The van der Waals surface area contributed by atoms with Gasteiger partial charge in [0.15, 0.2) is 0 Å². The van der Waals surface area contributed by atoms with E-state index in [0.717, 1.165) is 23.5 Å². The van der Waals surface area contributed by atoms with Crippen LogP contribution in [0.15, 0.2) is 5.38 Å². The highest BCUT2D eigenvalue weighted by atomic mass is 32.1. The molecule has 1 rings (SSSR count). The van der Waals surface area contributed by atoms with Crippen LogP contribution in [-0.2, 0) is 6.42 Å². The van der Waals surface area contributed by atoms with Gasteiger partial charge in [0.05, 0.1) is 11.1 Å². The van der Waals surface area contributed by atoms with Crippen molar-refractivity contribution in [3.8, 4) is 0 Å². The van der Waals surface area contributed by atoms with E-state index >= 15 is 0 Å². The number of aliphatic hydroxyl groups excluding tert-OH is 1. The normalized spacial score (nSPS) is 13.5. The number of aromatic nitrogens is 1. The number of aliphatic hydroxyl groups is 1. The first-order chi connectivity index (χ1) is 6.58. The van der Waals surface area contributed by atoms with Gasteiger partial charge in [-0.25, -0.2) is 4.98 Å². The lowest BCUT2D eigenvalue weighted by Crippen LogP contribution is -2.11. The third kappa shape index (κ3) is 4.20. The molecule has 1 aromatic rings. The van der Waals surface area contributed by atoms with E-state index in [2.05, 4.69) is 18.8 Å². The Morgan fingerprint density at radius 3 is 2.64 bits per heavy atom. The first kappa shape index (κ1) is 11.7. The summed E-state index contributed by atoms with van der Waals surface area (Å²) in [6.07, 6.45) is 2.47. The lowest BCUT2D eigenvalue weighted by molar-refractivity contribution is 0.157. The highest BCUT2D eigenvalue weighted by molar-refractivity contribution is 7.09. The van der Waals surface area contributed by atoms with Gasteiger partial charge in [-0.15, -0.1) is 11.3 Å². The molecule has 14 heavy (non-hydrogen) atoms. The van der Waals surface area contributed by atoms with E-state index in [0.29, 0.717) is 12.3 Å². The molecule has 0 aliphatic rings. The number of rotatable bonds is 5. The second kappa shape index (κ2) is 5.47. The number of hydrogen-bond acceptors (Lipinski definition) is 3. The average molecular weight is 213 g/mol. The van der Waals surface area contributed by atoms with Crippen molar-refractivity contribution in [1.29, 1.82) is 0 Å². The van der Waals surface area contributed by atoms with Crippen molar-refractivity contribution < 1.29 is 5.11 Å². The second-order valence-electron chi connectivity index (χ2n) is 4.21. The number of thiazole rings is 1. The van der Waals surface area contributed by atoms with Crippen molar-refractivity contribution >= 4 is 11.3 Å². The zero-order valence-corrected chi connectivity index (χ0v) is 9.97. The van der Waals surface area contributed by atoms with Crippen LogP contribution in [0.1, 0.15) is 37.4 Å². The van der Waals surface area contributed by atoms with Gasteiger partial charge >= 0.3 is 0 Å². The van der Waals surface area contributed by atoms with Crippen LogP contribution in [0.25, 0.3) is 0 Å². The first-order valence-electron chi connectivity index (χ1n) is 5.17. The van der Waals surface area contributed by atoms with Crippen LogP contribution in [0.2, 0.25) is 0 Å². The van der Waals surface area contributed by atoms with Crippen molar-refractivity contribution in [2.24, 2.45) is 5.92 Å². The van der Waals surface area contributed by atoms with E-state index < -0.39 is 0 Å². The van der Waals surface area contributed by atoms with E-state index in [9.17, 15) is 5.11 Å². The lowest BCUT2D eigenvalue weighted by atomic mass is 10.0. The molecule has 0 radical (unpaired) electrons. The van der Waals surface area contributed by atoms with Crippen LogP contribution >= 0.6 is 11.3 Å². The third-order valence-corrected chi connectivity index (χ3v) is 3.14. The molecule has 1 aromatic heterocycles. The Labute approximate surface area is 90.0 Å². The van der Waals surface area contributed by atoms with Gasteiger partial charge in [0.2, 0.25) is 0 Å². The fourth-order valence-corrected chi connectivity index (χ4v) is 2.17. The van der Waals surface area contributed by atoms with Crippen molar-refractivity contribution in [3.63, 3.8) is 0 Å². The molecule has 0 fully saturated rings. The maximum atomic E-state index is 9.73. The second-order valence-corrected chi connectivity index (χ2v) is 5.15. The highest BCUT2D eigenvalue weighted by Crippen LogP contribution is 2.14. The van der Waals surface area contributed by atoms with E-state index in [1.165, 1.54) is 0 Å². The van der Waals surface area contributed by atoms with E-state index in [4.69, 9.17) is 0 Å². The molecule has 1 atom stereocenters. The van der Waals surface area contributed by atoms with E-state index in [1.54, 1.807) is 11.3 Å². The third-order valence-electron chi connectivity index (χ3n) is 2.15. The van der Waals surface area contributed by atoms with E-state index in [-0.39, 0.29) is 6.10 Å². The summed E-state index contributed by atoms with van der Waals surface area (Å²) >= 11 is 1.64. The van der Waals surface area contributed by atoms with Gasteiger partial charge in [-0.1, -0.05) is 13.8 Å². The van der Waals surface area contributed by atoms with Crippen LogP contribution in [0.4, 0.5) is 0 Å². The van der Waals surface area contributed by atoms with Gasteiger partial charge in [0.1, 0.15) is 0 Å². The minimum atomic E-state index is -0.219. The van der Waals surface area contributed by atoms with Crippen molar-refractivity contribution in [3.05, 3.63) is 16.1 Å². The predicted octanol–water partition coefficient (Wildman–Crippen LogP) is 2.79. The van der Waals surface area contributed by atoms with Crippen LogP contribution < -0.4 is 0 Å². The number of hydrogen-bond donors (Lipinski definition) is 1. The van der Waals surface area contributed by atoms with Gasteiger partial charge in [-0.2, -0.15) is 0 Å². The summed E-state index contributed by atoms with van der Waals surface area (Å²) in [6.45, 7) is 6.35. The van der Waals surface area contributed by atoms with Crippen LogP contribution in [0.5, 0.6) is 0 Å². The van der Waals surface area contributed by atoms with Gasteiger partial charge in [-0.05, 0) is 25.7 Å². The average Bonchev–Trinajstić information content (AvgIpc) is 2.48. The van der Waals surface area contributed by atoms with Gasteiger partial charge < -0.3 is 5.11 Å². The van der Waals surface area contributed by atoms with Gasteiger partial charge in [0, 0.05) is 17.5 Å². The standard InChI is InChI=1S/C11H19NOS/c1-8(2)4-5-10(13)6-11-12-9(3)7-14-11/h7-8,10,13H,4-6H2,1-3H3. The molecule has 0 saturated carbocycles. The summed E-state index contributed by atoms with van der Waals surface area (Å²) in [4.78, 5) is 4.34. The SMILES string of the molecule is Cc1csc(CC(O)CCC(C)C)n1. The Hall–Kier alpha value is -0.410. The minimum Gasteiger partial charge on any atom is -0.393 e. The van der Waals surface area contributed by atoms with Crippen molar-refractivity contribution in [1.82, 2.24) is 4.98 Å². The molecule has 0 saturated heterocycles. The Balaban J connectivity index is 2.30. The molecule has 1 N–H and O–H groups in total. The summed E-state index contributed by atoms with van der Waals surface area (Å²) in [7, 11) is 0. The Kier molecular flexibility index (Phi) is 4.55. The fraction of sp³-hybridized carbons (Fsp3) is 0.727. The molecule has 0 aliphatic heterocycles. The molecular formula is C11H19NOS. The molecule has 1 heterocycles. The molecular weight excluding hydrogens is 194 g/mol. The largest absolute Gasteiger partial charge is 0.393 e. The molecule has 0 aromatic carbocycles. The molecule has 0 aliphatic carbocycles. The zero-order chi connectivity index (χ0) is 10.6. The quantitative estimate of drug-likeness (QED) is 0.816. The maximum Gasteiger partial charge on any atom is 0.0953 e. The smallest absolute Gasteiger partial charge is 0.0953 e. The zero-order valence-electron chi connectivity index (χ0n) is 9.16. The molecule has 0 amide bonds. The predicted molar refractivity (Wildman–Crippen MR) is 60.6 cm³/mol. The Bertz CT molecular complexity index is 270. The van der Waals surface area contributed by atoms with Crippen LogP contribution in [0.3, 0.4) is 0 Å². The van der Waals surface area contributed by atoms with Crippen molar-refractivity contribution in [2.45, 2.75) is 46.1 Å². The van der Waals surface area contributed by atoms with Gasteiger partial charge in [-0.3, -0.25) is 0 Å². The van der Waals surface area contributed by atoms with Crippen molar-refractivity contribution in [2.75, 3.05) is 0 Å². The van der Waals surface area contributed by atoms with Crippen LogP contribution in [0, 0.1) is 12.8 Å².